The van der Waals surface area contributed by atoms with E-state index in [0.29, 0.717) is 11.9 Å². The minimum Gasteiger partial charge on any atom is -0.301 e. The van der Waals surface area contributed by atoms with Crippen molar-refractivity contribution >= 4 is 24.7 Å². The van der Waals surface area contributed by atoms with E-state index in [9.17, 15) is 0 Å². The molecule has 1 aromatic rings. The first-order valence-electron chi connectivity index (χ1n) is 2.16. The fraction of sp³-hybridized carbons (Fsp3) is 0. The standard InChI is InChI=1S/C2H6N6S/c3-5-1-4-2(8-9)7-6-1/h9H,3H2,(H3,4,5,6,7,8). The molecule has 0 saturated carbocycles. The molecule has 0 aliphatic heterocycles. The quantitative estimate of drug-likeness (QED) is 0.217. The molecule has 0 amide bonds. The molecule has 1 heterocycles. The first-order chi connectivity index (χ1) is 4.36. The minimum absolute atomic E-state index is 0.326. The maximum absolute atomic E-state index is 4.97. The number of hydrogen-bond acceptors (Lipinski definition) is 6. The molecule has 1 aromatic heterocycles. The van der Waals surface area contributed by atoms with Crippen molar-refractivity contribution in [1.82, 2.24) is 15.2 Å². The molecule has 0 fully saturated rings. The van der Waals surface area contributed by atoms with Crippen molar-refractivity contribution in [3.05, 3.63) is 0 Å². The van der Waals surface area contributed by atoms with Crippen LogP contribution in [-0.4, -0.2) is 15.2 Å². The lowest BCUT2D eigenvalue weighted by molar-refractivity contribution is 1.08. The highest BCUT2D eigenvalue weighted by molar-refractivity contribution is 7.81. The van der Waals surface area contributed by atoms with Crippen molar-refractivity contribution in [2.75, 3.05) is 10.1 Å². The average Bonchev–Trinajstić information content (AvgIpc) is 2.34. The first kappa shape index (κ1) is 6.17. The second-order valence-corrected chi connectivity index (χ2v) is 1.49. The predicted octanol–water partition coefficient (Wildman–Crippen LogP) is -0.653. The van der Waals surface area contributed by atoms with Crippen LogP contribution < -0.4 is 16.0 Å². The summed E-state index contributed by atoms with van der Waals surface area (Å²) >= 11 is 3.71. The molecule has 7 heteroatoms. The summed E-state index contributed by atoms with van der Waals surface area (Å²) in [5.74, 6) is 5.75. The summed E-state index contributed by atoms with van der Waals surface area (Å²) < 4.78 is 2.45. The molecule has 1 rings (SSSR count). The number of thiol groups is 1. The lowest BCUT2D eigenvalue weighted by Gasteiger charge is -1.85. The van der Waals surface area contributed by atoms with E-state index in [0.717, 1.165) is 0 Å². The highest BCUT2D eigenvalue weighted by atomic mass is 32.1. The van der Waals surface area contributed by atoms with Gasteiger partial charge in [-0.1, -0.05) is 12.8 Å². The van der Waals surface area contributed by atoms with Gasteiger partial charge in [0.15, 0.2) is 0 Å². The Morgan fingerprint density at radius 2 is 2.44 bits per heavy atom. The summed E-state index contributed by atoms with van der Waals surface area (Å²) in [4.78, 5) is 3.76. The Kier molecular flexibility index (Phi) is 1.75. The average molecular weight is 146 g/mol. The van der Waals surface area contributed by atoms with Crippen molar-refractivity contribution in [3.8, 4) is 0 Å². The van der Waals surface area contributed by atoms with Crippen LogP contribution in [0, 0.1) is 0 Å². The van der Waals surface area contributed by atoms with E-state index >= 15 is 0 Å². The highest BCUT2D eigenvalue weighted by Crippen LogP contribution is 2.00. The third kappa shape index (κ3) is 1.24. The Bertz CT molecular complexity index is 164. The fourth-order valence-electron chi connectivity index (χ4n) is 0.376. The molecule has 0 aromatic carbocycles. The molecule has 0 atom stereocenters. The number of nitrogen functional groups attached to an aromatic ring is 1. The van der Waals surface area contributed by atoms with Crippen molar-refractivity contribution in [2.24, 2.45) is 5.84 Å². The van der Waals surface area contributed by atoms with Gasteiger partial charge < -0.3 is 4.72 Å². The summed E-state index contributed by atoms with van der Waals surface area (Å²) in [6.07, 6.45) is 0. The molecule has 50 valence electrons. The summed E-state index contributed by atoms with van der Waals surface area (Å²) in [7, 11) is 0. The van der Waals surface area contributed by atoms with Gasteiger partial charge in [0, 0.05) is 0 Å². The van der Waals surface area contributed by atoms with E-state index in [1.165, 1.54) is 0 Å². The number of nitrogens with two attached hydrogens (primary N) is 1. The van der Waals surface area contributed by atoms with Gasteiger partial charge in [-0.3, -0.25) is 5.43 Å². The summed E-state index contributed by atoms with van der Waals surface area (Å²) in [6, 6.07) is 0. The first-order valence-corrected chi connectivity index (χ1v) is 2.60. The van der Waals surface area contributed by atoms with Gasteiger partial charge in [-0.2, -0.15) is 4.98 Å². The van der Waals surface area contributed by atoms with Crippen LogP contribution in [0.3, 0.4) is 0 Å². The normalized spacial score (nSPS) is 9.11. The van der Waals surface area contributed by atoms with Gasteiger partial charge in [-0.05, 0) is 0 Å². The third-order valence-electron chi connectivity index (χ3n) is 0.720. The van der Waals surface area contributed by atoms with Crippen LogP contribution in [0.15, 0.2) is 0 Å². The number of aromatic amines is 1. The highest BCUT2D eigenvalue weighted by Gasteiger charge is 1.95. The molecule has 0 aliphatic rings. The number of hydrazine groups is 1. The monoisotopic (exact) mass is 146 g/mol. The van der Waals surface area contributed by atoms with Gasteiger partial charge in [-0.25, -0.2) is 10.9 Å². The molecule has 0 bridgehead atoms. The van der Waals surface area contributed by atoms with Crippen molar-refractivity contribution in [1.29, 1.82) is 0 Å². The number of nitrogens with zero attached hydrogens (tertiary/aromatic N) is 2. The van der Waals surface area contributed by atoms with E-state index in [1.54, 1.807) is 0 Å². The number of hydrogen-bond donors (Lipinski definition) is 5. The molecule has 0 unspecified atom stereocenters. The Hall–Kier alpha value is -0.950. The molecule has 0 saturated heterocycles. The Labute approximate surface area is 56.7 Å². The van der Waals surface area contributed by atoms with Gasteiger partial charge in [-0.15, -0.1) is 5.10 Å². The van der Waals surface area contributed by atoms with Crippen LogP contribution in [0.1, 0.15) is 0 Å². The minimum atomic E-state index is 0.326. The second-order valence-electron chi connectivity index (χ2n) is 1.26. The van der Waals surface area contributed by atoms with Crippen LogP contribution in [0.5, 0.6) is 0 Å². The zero-order valence-electron chi connectivity index (χ0n) is 4.42. The van der Waals surface area contributed by atoms with Gasteiger partial charge >= 0.3 is 0 Å². The van der Waals surface area contributed by atoms with Crippen LogP contribution in [0.25, 0.3) is 0 Å². The van der Waals surface area contributed by atoms with Crippen LogP contribution >= 0.6 is 12.8 Å². The number of nitrogens with one attached hydrogen (secondary N) is 3. The maximum atomic E-state index is 4.97. The SMILES string of the molecule is NNc1n[nH]c(NS)n1. The van der Waals surface area contributed by atoms with Gasteiger partial charge in [0.25, 0.3) is 5.95 Å². The molecule has 6 nitrogen and oxygen atoms in total. The largest absolute Gasteiger partial charge is 0.301 e. The lowest BCUT2D eigenvalue weighted by atomic mass is 11.0. The van der Waals surface area contributed by atoms with E-state index in [2.05, 4.69) is 38.1 Å². The molecule has 5 N–H and O–H groups in total. The maximum Gasteiger partial charge on any atom is 0.257 e. The van der Waals surface area contributed by atoms with Crippen LogP contribution in [0.4, 0.5) is 11.9 Å². The van der Waals surface area contributed by atoms with Crippen molar-refractivity contribution in [2.45, 2.75) is 0 Å². The zero-order valence-corrected chi connectivity index (χ0v) is 5.31. The number of H-pyrrole nitrogens is 1. The topological polar surface area (TPSA) is 91.6 Å². The van der Waals surface area contributed by atoms with Gasteiger partial charge in [0.1, 0.15) is 0 Å². The predicted molar refractivity (Wildman–Crippen MR) is 36.8 cm³/mol. The summed E-state index contributed by atoms with van der Waals surface area (Å²) in [5, 5.41) is 6.14. The van der Waals surface area contributed by atoms with E-state index < -0.39 is 0 Å². The van der Waals surface area contributed by atoms with Crippen molar-refractivity contribution < 1.29 is 0 Å². The number of rotatable bonds is 2. The molecule has 9 heavy (non-hydrogen) atoms. The Morgan fingerprint density at radius 3 is 2.78 bits per heavy atom. The van der Waals surface area contributed by atoms with Crippen molar-refractivity contribution in [3.63, 3.8) is 0 Å². The van der Waals surface area contributed by atoms with E-state index in [-0.39, 0.29) is 0 Å². The second kappa shape index (κ2) is 2.55. The molecular formula is C2H6N6S. The summed E-state index contributed by atoms with van der Waals surface area (Å²) in [5.41, 5.74) is 2.25. The molecular weight excluding hydrogens is 140 g/mol. The zero-order chi connectivity index (χ0) is 6.69. The Morgan fingerprint density at radius 1 is 1.67 bits per heavy atom. The van der Waals surface area contributed by atoms with Gasteiger partial charge in [0.05, 0.1) is 0 Å². The van der Waals surface area contributed by atoms with Gasteiger partial charge in [0.2, 0.25) is 5.95 Å². The lowest BCUT2D eigenvalue weighted by Crippen LogP contribution is -2.07. The van der Waals surface area contributed by atoms with E-state index in [4.69, 9.17) is 5.84 Å². The summed E-state index contributed by atoms with van der Waals surface area (Å²) in [6.45, 7) is 0. The fourth-order valence-corrected chi connectivity index (χ4v) is 0.476. The third-order valence-corrected chi connectivity index (χ3v) is 0.932. The Balaban J connectivity index is 2.74. The van der Waals surface area contributed by atoms with E-state index in [1.807, 2.05) is 0 Å². The number of anilines is 2. The molecule has 0 radical (unpaired) electrons. The molecule has 0 aliphatic carbocycles. The smallest absolute Gasteiger partial charge is 0.257 e. The van der Waals surface area contributed by atoms with Crippen LogP contribution in [-0.2, 0) is 0 Å². The molecule has 0 spiro atoms. The van der Waals surface area contributed by atoms with Crippen LogP contribution in [0.2, 0.25) is 0 Å². The number of aromatic nitrogens is 3.